The number of aromatic nitrogens is 1. The van der Waals surface area contributed by atoms with Crippen LogP contribution in [0.3, 0.4) is 0 Å². The van der Waals surface area contributed by atoms with Crippen LogP contribution in [0, 0.1) is 6.92 Å². The SMILES string of the molecule is CCc1ccc(CN2CCC(O)(Cc3cccc(C)c3)CC2)cn1. The third-order valence-electron chi connectivity index (χ3n) is 5.06. The van der Waals surface area contributed by atoms with Gasteiger partial charge in [0.05, 0.1) is 5.60 Å². The topological polar surface area (TPSA) is 36.4 Å². The zero-order valence-electron chi connectivity index (χ0n) is 14.8. The van der Waals surface area contributed by atoms with Gasteiger partial charge in [0, 0.05) is 37.9 Å². The van der Waals surface area contributed by atoms with E-state index >= 15 is 0 Å². The summed E-state index contributed by atoms with van der Waals surface area (Å²) in [6.07, 6.45) is 5.40. The molecule has 3 rings (SSSR count). The summed E-state index contributed by atoms with van der Waals surface area (Å²) in [5.41, 5.74) is 4.34. The van der Waals surface area contributed by atoms with Crippen LogP contribution in [0.4, 0.5) is 0 Å². The van der Waals surface area contributed by atoms with Gasteiger partial charge < -0.3 is 5.11 Å². The molecule has 1 aromatic carbocycles. The fraction of sp³-hybridized carbons (Fsp3) is 0.476. The van der Waals surface area contributed by atoms with E-state index in [4.69, 9.17) is 0 Å². The molecule has 128 valence electrons. The van der Waals surface area contributed by atoms with Crippen molar-refractivity contribution in [2.75, 3.05) is 13.1 Å². The van der Waals surface area contributed by atoms with Crippen molar-refractivity contribution in [2.24, 2.45) is 0 Å². The lowest BCUT2D eigenvalue weighted by atomic mass is 9.85. The summed E-state index contributed by atoms with van der Waals surface area (Å²) >= 11 is 0. The van der Waals surface area contributed by atoms with Crippen LogP contribution in [0.15, 0.2) is 42.6 Å². The molecule has 0 radical (unpaired) electrons. The Hall–Kier alpha value is -1.71. The van der Waals surface area contributed by atoms with Crippen LogP contribution in [-0.2, 0) is 19.4 Å². The summed E-state index contributed by atoms with van der Waals surface area (Å²) in [6.45, 7) is 7.04. The van der Waals surface area contributed by atoms with Crippen LogP contribution in [0.1, 0.15) is 42.1 Å². The van der Waals surface area contributed by atoms with Crippen molar-refractivity contribution in [1.29, 1.82) is 0 Å². The smallest absolute Gasteiger partial charge is 0.0712 e. The van der Waals surface area contributed by atoms with Crippen LogP contribution in [0.5, 0.6) is 0 Å². The lowest BCUT2D eigenvalue weighted by molar-refractivity contribution is -0.0224. The number of hydrogen-bond donors (Lipinski definition) is 1. The quantitative estimate of drug-likeness (QED) is 0.914. The molecule has 0 bridgehead atoms. The fourth-order valence-corrected chi connectivity index (χ4v) is 3.52. The lowest BCUT2D eigenvalue weighted by Gasteiger charge is -2.38. The van der Waals surface area contributed by atoms with Gasteiger partial charge >= 0.3 is 0 Å². The fourth-order valence-electron chi connectivity index (χ4n) is 3.52. The Balaban J connectivity index is 1.54. The molecule has 1 aliphatic heterocycles. The highest BCUT2D eigenvalue weighted by atomic mass is 16.3. The Bertz CT molecular complexity index is 658. The molecule has 2 heterocycles. The van der Waals surface area contributed by atoms with Crippen LogP contribution in [0.25, 0.3) is 0 Å². The Morgan fingerprint density at radius 1 is 1.12 bits per heavy atom. The van der Waals surface area contributed by atoms with E-state index in [1.54, 1.807) is 0 Å². The van der Waals surface area contributed by atoms with E-state index in [2.05, 4.69) is 60.1 Å². The van der Waals surface area contributed by atoms with E-state index in [1.165, 1.54) is 16.7 Å². The minimum absolute atomic E-state index is 0.561. The Labute approximate surface area is 145 Å². The van der Waals surface area contributed by atoms with Gasteiger partial charge in [-0.2, -0.15) is 0 Å². The van der Waals surface area contributed by atoms with Gasteiger partial charge in [0.1, 0.15) is 0 Å². The monoisotopic (exact) mass is 324 g/mol. The molecule has 0 amide bonds. The molecule has 1 fully saturated rings. The first-order chi connectivity index (χ1) is 11.6. The maximum absolute atomic E-state index is 10.9. The molecule has 2 aromatic rings. The van der Waals surface area contributed by atoms with Gasteiger partial charge in [-0.25, -0.2) is 0 Å². The van der Waals surface area contributed by atoms with Gasteiger partial charge in [-0.05, 0) is 43.4 Å². The van der Waals surface area contributed by atoms with Crippen molar-refractivity contribution < 1.29 is 5.11 Å². The van der Waals surface area contributed by atoms with E-state index in [9.17, 15) is 5.11 Å². The Kier molecular flexibility index (Phi) is 5.32. The Morgan fingerprint density at radius 2 is 1.92 bits per heavy atom. The summed E-state index contributed by atoms with van der Waals surface area (Å²) in [7, 11) is 0. The predicted molar refractivity (Wildman–Crippen MR) is 98.0 cm³/mol. The molecule has 3 heteroatoms. The number of aryl methyl sites for hydroxylation is 2. The molecule has 0 unspecified atom stereocenters. The first kappa shape index (κ1) is 17.1. The number of likely N-dealkylation sites (tertiary alicyclic amines) is 1. The summed E-state index contributed by atoms with van der Waals surface area (Å²) in [4.78, 5) is 6.90. The van der Waals surface area contributed by atoms with Crippen LogP contribution >= 0.6 is 0 Å². The molecular weight excluding hydrogens is 296 g/mol. The summed E-state index contributed by atoms with van der Waals surface area (Å²) in [5.74, 6) is 0. The number of nitrogens with zero attached hydrogens (tertiary/aromatic N) is 2. The van der Waals surface area contributed by atoms with Crippen molar-refractivity contribution in [1.82, 2.24) is 9.88 Å². The second-order valence-corrected chi connectivity index (χ2v) is 7.18. The maximum Gasteiger partial charge on any atom is 0.0712 e. The van der Waals surface area contributed by atoms with Crippen molar-refractivity contribution in [2.45, 2.75) is 51.7 Å². The van der Waals surface area contributed by atoms with E-state index in [0.717, 1.165) is 51.0 Å². The number of rotatable bonds is 5. The predicted octanol–water partition coefficient (Wildman–Crippen LogP) is 3.52. The molecular formula is C21H28N2O. The Morgan fingerprint density at radius 3 is 2.54 bits per heavy atom. The first-order valence-corrected chi connectivity index (χ1v) is 9.00. The third kappa shape index (κ3) is 4.43. The summed E-state index contributed by atoms with van der Waals surface area (Å²) < 4.78 is 0. The van der Waals surface area contributed by atoms with Crippen molar-refractivity contribution >= 4 is 0 Å². The van der Waals surface area contributed by atoms with Gasteiger partial charge in [0.25, 0.3) is 0 Å². The normalized spacial score (nSPS) is 17.8. The zero-order valence-corrected chi connectivity index (χ0v) is 14.8. The minimum atomic E-state index is -0.561. The van der Waals surface area contributed by atoms with E-state index in [1.807, 2.05) is 6.20 Å². The molecule has 1 N–H and O–H groups in total. The average molecular weight is 324 g/mol. The van der Waals surface area contributed by atoms with Gasteiger partial charge in [-0.3, -0.25) is 9.88 Å². The van der Waals surface area contributed by atoms with Gasteiger partial charge in [0.2, 0.25) is 0 Å². The molecule has 0 aliphatic carbocycles. The molecule has 1 saturated heterocycles. The van der Waals surface area contributed by atoms with Crippen molar-refractivity contribution in [3.8, 4) is 0 Å². The standard InChI is InChI=1S/C21H28N2O/c1-3-20-8-7-19(15-22-20)16-23-11-9-21(24,10-12-23)14-18-6-4-5-17(2)13-18/h4-8,13,15,24H,3,9-12,14,16H2,1-2H3. The second kappa shape index (κ2) is 7.45. The summed E-state index contributed by atoms with van der Waals surface area (Å²) in [6, 6.07) is 12.8. The lowest BCUT2D eigenvalue weighted by Crippen LogP contribution is -2.45. The van der Waals surface area contributed by atoms with E-state index < -0.39 is 5.60 Å². The van der Waals surface area contributed by atoms with Gasteiger partial charge in [-0.1, -0.05) is 42.8 Å². The zero-order chi connectivity index (χ0) is 17.0. The maximum atomic E-state index is 10.9. The molecule has 0 saturated carbocycles. The largest absolute Gasteiger partial charge is 0.389 e. The minimum Gasteiger partial charge on any atom is -0.389 e. The van der Waals surface area contributed by atoms with Gasteiger partial charge in [0.15, 0.2) is 0 Å². The summed E-state index contributed by atoms with van der Waals surface area (Å²) in [5, 5.41) is 10.9. The van der Waals surface area contributed by atoms with E-state index in [0.29, 0.717) is 0 Å². The highest BCUT2D eigenvalue weighted by Crippen LogP contribution is 2.27. The number of benzene rings is 1. The first-order valence-electron chi connectivity index (χ1n) is 9.00. The molecule has 3 nitrogen and oxygen atoms in total. The van der Waals surface area contributed by atoms with E-state index in [-0.39, 0.29) is 0 Å². The van der Waals surface area contributed by atoms with Gasteiger partial charge in [-0.15, -0.1) is 0 Å². The molecule has 1 aromatic heterocycles. The number of aliphatic hydroxyl groups is 1. The van der Waals surface area contributed by atoms with Crippen molar-refractivity contribution in [3.63, 3.8) is 0 Å². The van der Waals surface area contributed by atoms with Crippen LogP contribution in [-0.4, -0.2) is 33.7 Å². The average Bonchev–Trinajstić information content (AvgIpc) is 2.58. The highest BCUT2D eigenvalue weighted by Gasteiger charge is 2.32. The van der Waals surface area contributed by atoms with Crippen LogP contribution in [0.2, 0.25) is 0 Å². The molecule has 0 atom stereocenters. The van der Waals surface area contributed by atoms with Crippen molar-refractivity contribution in [3.05, 3.63) is 65.0 Å². The van der Waals surface area contributed by atoms with Crippen LogP contribution < -0.4 is 0 Å². The molecule has 0 spiro atoms. The number of pyridine rings is 1. The third-order valence-corrected chi connectivity index (χ3v) is 5.06. The number of hydrogen-bond acceptors (Lipinski definition) is 3. The number of piperidine rings is 1. The second-order valence-electron chi connectivity index (χ2n) is 7.18. The highest BCUT2D eigenvalue weighted by molar-refractivity contribution is 5.24. The molecule has 24 heavy (non-hydrogen) atoms. The molecule has 1 aliphatic rings.